The third-order valence-electron chi connectivity index (χ3n) is 2.42. The van der Waals surface area contributed by atoms with Gasteiger partial charge in [-0.3, -0.25) is 4.79 Å². The maximum absolute atomic E-state index is 11.8. The van der Waals surface area contributed by atoms with Crippen LogP contribution in [0.4, 0.5) is 4.79 Å². The average Bonchev–Trinajstić information content (AvgIpc) is 2.79. The van der Waals surface area contributed by atoms with E-state index in [0.717, 1.165) is 16.9 Å². The van der Waals surface area contributed by atoms with Gasteiger partial charge in [-0.15, -0.1) is 11.3 Å². The molecule has 0 unspecified atom stereocenters. The Labute approximate surface area is 112 Å². The second kappa shape index (κ2) is 7.16. The second-order valence-electron chi connectivity index (χ2n) is 4.20. The van der Waals surface area contributed by atoms with Crippen molar-refractivity contribution in [3.05, 3.63) is 21.9 Å². The first-order valence-corrected chi connectivity index (χ1v) is 6.88. The van der Waals surface area contributed by atoms with Gasteiger partial charge in [-0.2, -0.15) is 0 Å². The van der Waals surface area contributed by atoms with Crippen molar-refractivity contribution in [2.75, 3.05) is 20.2 Å². The minimum atomic E-state index is -0.369. The van der Waals surface area contributed by atoms with Crippen molar-refractivity contribution >= 4 is 23.2 Å². The molecule has 0 N–H and O–H groups in total. The van der Waals surface area contributed by atoms with E-state index in [0.29, 0.717) is 19.6 Å². The fourth-order valence-corrected chi connectivity index (χ4v) is 2.23. The van der Waals surface area contributed by atoms with E-state index in [1.165, 1.54) is 16.2 Å². The maximum Gasteiger partial charge on any atom is 0.409 e. The van der Waals surface area contributed by atoms with Crippen LogP contribution in [0.1, 0.15) is 35.0 Å². The zero-order valence-electron chi connectivity index (χ0n) is 11.1. The van der Waals surface area contributed by atoms with Gasteiger partial charge in [0.15, 0.2) is 5.78 Å². The zero-order valence-corrected chi connectivity index (χ0v) is 11.9. The maximum atomic E-state index is 11.8. The number of thiophene rings is 1. The number of amides is 1. The fourth-order valence-electron chi connectivity index (χ4n) is 1.36. The summed E-state index contributed by atoms with van der Waals surface area (Å²) in [6, 6.07) is 1.88. The number of ether oxygens (including phenoxy) is 1. The van der Waals surface area contributed by atoms with Gasteiger partial charge in [0.2, 0.25) is 0 Å². The van der Waals surface area contributed by atoms with Gasteiger partial charge in [0.05, 0.1) is 11.5 Å². The summed E-state index contributed by atoms with van der Waals surface area (Å²) in [6.07, 6.45) is 0.761. The molecular weight excluding hydrogens is 250 g/mol. The van der Waals surface area contributed by atoms with Crippen LogP contribution in [0.3, 0.4) is 0 Å². The van der Waals surface area contributed by atoms with Crippen molar-refractivity contribution in [3.63, 3.8) is 0 Å². The molecule has 0 spiro atoms. The number of hydrogen-bond acceptors (Lipinski definition) is 4. The average molecular weight is 269 g/mol. The summed E-state index contributed by atoms with van der Waals surface area (Å²) in [5.74, 6) is 0.0724. The second-order valence-corrected chi connectivity index (χ2v) is 5.11. The molecule has 0 fully saturated rings. The predicted molar refractivity (Wildman–Crippen MR) is 72.3 cm³/mol. The van der Waals surface area contributed by atoms with E-state index < -0.39 is 0 Å². The summed E-state index contributed by atoms with van der Waals surface area (Å²) in [5, 5.41) is 1.95. The van der Waals surface area contributed by atoms with Crippen molar-refractivity contribution in [1.29, 1.82) is 0 Å². The third-order valence-corrected chi connectivity index (χ3v) is 3.51. The smallest absolute Gasteiger partial charge is 0.409 e. The number of aryl methyl sites for hydroxylation is 1. The Kier molecular flexibility index (Phi) is 5.85. The Morgan fingerprint density at radius 1 is 1.44 bits per heavy atom. The molecule has 0 atom stereocenters. The van der Waals surface area contributed by atoms with E-state index in [2.05, 4.69) is 0 Å². The standard InChI is InChI=1S/C13H19NO3S/c1-4-7-17-13(16)14(3)6-5-11(15)12-8-10(2)9-18-12/h8-9H,4-7H2,1-3H3. The molecule has 1 aromatic heterocycles. The largest absolute Gasteiger partial charge is 0.449 e. The first-order chi connectivity index (χ1) is 8.54. The number of carbonyl (C=O) groups excluding carboxylic acids is 2. The molecule has 0 radical (unpaired) electrons. The van der Waals surface area contributed by atoms with Crippen molar-refractivity contribution in [3.8, 4) is 0 Å². The van der Waals surface area contributed by atoms with Crippen LogP contribution >= 0.6 is 11.3 Å². The molecular formula is C13H19NO3S. The summed E-state index contributed by atoms with van der Waals surface area (Å²) in [7, 11) is 1.64. The van der Waals surface area contributed by atoms with Crippen LogP contribution in [-0.2, 0) is 4.74 Å². The summed E-state index contributed by atoms with van der Waals surface area (Å²) in [4.78, 5) is 25.5. The van der Waals surface area contributed by atoms with Crippen LogP contribution in [0, 0.1) is 6.92 Å². The number of ketones is 1. The Morgan fingerprint density at radius 2 is 2.17 bits per heavy atom. The minimum Gasteiger partial charge on any atom is -0.449 e. The lowest BCUT2D eigenvalue weighted by Gasteiger charge is -2.15. The molecule has 0 aliphatic rings. The molecule has 100 valence electrons. The first-order valence-electron chi connectivity index (χ1n) is 6.00. The molecule has 5 heteroatoms. The molecule has 1 heterocycles. The van der Waals surface area contributed by atoms with E-state index in [9.17, 15) is 9.59 Å². The van der Waals surface area contributed by atoms with Gasteiger partial charge in [-0.1, -0.05) is 6.92 Å². The number of hydrogen-bond donors (Lipinski definition) is 0. The van der Waals surface area contributed by atoms with Crippen molar-refractivity contribution < 1.29 is 14.3 Å². The van der Waals surface area contributed by atoms with Crippen LogP contribution < -0.4 is 0 Å². The van der Waals surface area contributed by atoms with Gasteiger partial charge in [0.1, 0.15) is 0 Å². The van der Waals surface area contributed by atoms with Crippen LogP contribution in [0.25, 0.3) is 0 Å². The molecule has 0 aromatic carbocycles. The number of nitrogens with zero attached hydrogens (tertiary/aromatic N) is 1. The zero-order chi connectivity index (χ0) is 13.5. The lowest BCUT2D eigenvalue weighted by molar-refractivity contribution is 0.0943. The van der Waals surface area contributed by atoms with Crippen molar-refractivity contribution in [2.24, 2.45) is 0 Å². The monoisotopic (exact) mass is 269 g/mol. The Balaban J connectivity index is 2.36. The van der Waals surface area contributed by atoms with E-state index in [4.69, 9.17) is 4.74 Å². The highest BCUT2D eigenvalue weighted by atomic mass is 32.1. The lowest BCUT2D eigenvalue weighted by atomic mass is 10.2. The Morgan fingerprint density at radius 3 is 2.72 bits per heavy atom. The number of Topliss-reactive ketones (excluding diaryl/α,β-unsaturated/α-hetero) is 1. The molecule has 4 nitrogen and oxygen atoms in total. The highest BCUT2D eigenvalue weighted by Crippen LogP contribution is 2.15. The fraction of sp³-hybridized carbons (Fsp3) is 0.538. The summed E-state index contributed by atoms with van der Waals surface area (Å²) in [5.41, 5.74) is 1.10. The van der Waals surface area contributed by atoms with Gasteiger partial charge in [-0.25, -0.2) is 4.79 Å². The molecule has 0 aliphatic carbocycles. The molecule has 1 amide bonds. The van der Waals surface area contributed by atoms with E-state index in [1.807, 2.05) is 25.3 Å². The van der Waals surface area contributed by atoms with E-state index >= 15 is 0 Å². The van der Waals surface area contributed by atoms with E-state index in [-0.39, 0.29) is 11.9 Å². The highest BCUT2D eigenvalue weighted by molar-refractivity contribution is 7.12. The lowest BCUT2D eigenvalue weighted by Crippen LogP contribution is -2.29. The third kappa shape index (κ3) is 4.49. The molecule has 0 aliphatic heterocycles. The number of carbonyl (C=O) groups is 2. The number of rotatable bonds is 6. The molecule has 1 rings (SSSR count). The van der Waals surface area contributed by atoms with Gasteiger partial charge in [-0.05, 0) is 30.4 Å². The highest BCUT2D eigenvalue weighted by Gasteiger charge is 2.13. The van der Waals surface area contributed by atoms with Crippen LogP contribution in [-0.4, -0.2) is 37.0 Å². The molecule has 0 saturated carbocycles. The van der Waals surface area contributed by atoms with Crippen molar-refractivity contribution in [1.82, 2.24) is 4.90 Å². The van der Waals surface area contributed by atoms with Crippen LogP contribution in [0.5, 0.6) is 0 Å². The Bertz CT molecular complexity index is 414. The topological polar surface area (TPSA) is 46.6 Å². The summed E-state index contributed by atoms with van der Waals surface area (Å²) in [6.45, 7) is 4.71. The predicted octanol–water partition coefficient (Wildman–Crippen LogP) is 3.11. The van der Waals surface area contributed by atoms with Gasteiger partial charge < -0.3 is 9.64 Å². The summed E-state index contributed by atoms with van der Waals surface area (Å²) >= 11 is 1.45. The quantitative estimate of drug-likeness (QED) is 0.745. The molecule has 18 heavy (non-hydrogen) atoms. The molecule has 0 bridgehead atoms. The molecule has 0 saturated heterocycles. The van der Waals surface area contributed by atoms with Crippen LogP contribution in [0.2, 0.25) is 0 Å². The van der Waals surface area contributed by atoms with Gasteiger partial charge in [0.25, 0.3) is 0 Å². The summed E-state index contributed by atoms with van der Waals surface area (Å²) < 4.78 is 4.97. The minimum absolute atomic E-state index is 0.0724. The van der Waals surface area contributed by atoms with Crippen molar-refractivity contribution in [2.45, 2.75) is 26.7 Å². The molecule has 1 aromatic rings. The normalized spacial score (nSPS) is 10.2. The first kappa shape index (κ1) is 14.7. The SMILES string of the molecule is CCCOC(=O)N(C)CCC(=O)c1cc(C)cs1. The van der Waals surface area contributed by atoms with Gasteiger partial charge >= 0.3 is 6.09 Å². The van der Waals surface area contributed by atoms with Crippen LogP contribution in [0.15, 0.2) is 11.4 Å². The van der Waals surface area contributed by atoms with Gasteiger partial charge in [0, 0.05) is 20.0 Å². The van der Waals surface area contributed by atoms with E-state index in [1.54, 1.807) is 7.05 Å². The Hall–Kier alpha value is -1.36.